The Morgan fingerprint density at radius 3 is 2.52 bits per heavy atom. The molecule has 1 aliphatic heterocycles. The van der Waals surface area contributed by atoms with Gasteiger partial charge in [0.15, 0.2) is 0 Å². The Morgan fingerprint density at radius 1 is 1.20 bits per heavy atom. The summed E-state index contributed by atoms with van der Waals surface area (Å²) in [5.74, 6) is -1.63. The van der Waals surface area contributed by atoms with Crippen molar-refractivity contribution in [1.82, 2.24) is 5.32 Å². The highest BCUT2D eigenvalue weighted by Crippen LogP contribution is 2.21. The van der Waals surface area contributed by atoms with E-state index in [4.69, 9.17) is 0 Å². The first-order valence-corrected chi connectivity index (χ1v) is 8.41. The molecular formula is C18H14BrFN2O3. The number of carbonyl (C=O) groups is 3. The van der Waals surface area contributed by atoms with Gasteiger partial charge in [-0.05, 0) is 58.2 Å². The Bertz CT molecular complexity index is 852. The molecular weight excluding hydrogens is 391 g/mol. The van der Waals surface area contributed by atoms with Crippen LogP contribution in [-0.2, 0) is 16.0 Å². The van der Waals surface area contributed by atoms with Crippen LogP contribution >= 0.6 is 15.9 Å². The lowest BCUT2D eigenvalue weighted by atomic mass is 9.98. The molecule has 1 saturated heterocycles. The molecule has 2 N–H and O–H groups in total. The van der Waals surface area contributed by atoms with Crippen LogP contribution in [0.4, 0.5) is 10.1 Å². The average molecular weight is 405 g/mol. The highest BCUT2D eigenvalue weighted by Gasteiger charge is 2.30. The van der Waals surface area contributed by atoms with Gasteiger partial charge in [-0.15, -0.1) is 0 Å². The highest BCUT2D eigenvalue weighted by molar-refractivity contribution is 9.10. The zero-order chi connectivity index (χ0) is 18.0. The molecule has 1 aliphatic rings. The van der Waals surface area contributed by atoms with Crippen LogP contribution in [0.2, 0.25) is 0 Å². The number of carbonyl (C=O) groups excluding carboxylic acids is 3. The zero-order valence-corrected chi connectivity index (χ0v) is 14.6. The molecule has 3 amide bonds. The van der Waals surface area contributed by atoms with Crippen LogP contribution in [0.1, 0.15) is 22.3 Å². The number of hydrogen-bond donors (Lipinski definition) is 2. The number of benzene rings is 2. The van der Waals surface area contributed by atoms with Gasteiger partial charge in [0, 0.05) is 16.6 Å². The smallest absolute Gasteiger partial charge is 0.256 e. The zero-order valence-electron chi connectivity index (χ0n) is 13.0. The first kappa shape index (κ1) is 17.3. The minimum atomic E-state index is -0.429. The van der Waals surface area contributed by atoms with Crippen molar-refractivity contribution in [1.29, 1.82) is 0 Å². The van der Waals surface area contributed by atoms with E-state index in [1.54, 1.807) is 24.3 Å². The lowest BCUT2D eigenvalue weighted by Crippen LogP contribution is -2.22. The lowest BCUT2D eigenvalue weighted by Gasteiger charge is -2.09. The van der Waals surface area contributed by atoms with E-state index in [1.165, 1.54) is 18.2 Å². The van der Waals surface area contributed by atoms with Crippen LogP contribution in [0.25, 0.3) is 0 Å². The van der Waals surface area contributed by atoms with Crippen molar-refractivity contribution < 1.29 is 18.8 Å². The van der Waals surface area contributed by atoms with Crippen molar-refractivity contribution in [2.24, 2.45) is 5.92 Å². The van der Waals surface area contributed by atoms with Crippen molar-refractivity contribution in [3.05, 3.63) is 63.9 Å². The summed E-state index contributed by atoms with van der Waals surface area (Å²) < 4.78 is 13.5. The van der Waals surface area contributed by atoms with E-state index >= 15 is 0 Å². The first-order valence-electron chi connectivity index (χ1n) is 7.61. The minimum absolute atomic E-state index is 0.204. The van der Waals surface area contributed by atoms with Crippen molar-refractivity contribution in [3.8, 4) is 0 Å². The molecule has 0 aromatic heterocycles. The number of anilines is 1. The van der Waals surface area contributed by atoms with Gasteiger partial charge in [-0.1, -0.05) is 12.1 Å². The Labute approximate surface area is 151 Å². The van der Waals surface area contributed by atoms with Crippen LogP contribution < -0.4 is 10.6 Å². The van der Waals surface area contributed by atoms with E-state index in [1.807, 2.05) is 0 Å². The van der Waals surface area contributed by atoms with Crippen LogP contribution in [0.5, 0.6) is 0 Å². The summed E-state index contributed by atoms with van der Waals surface area (Å²) in [6, 6.07) is 10.9. The van der Waals surface area contributed by atoms with Crippen molar-refractivity contribution in [3.63, 3.8) is 0 Å². The molecule has 25 heavy (non-hydrogen) atoms. The molecule has 5 nitrogen and oxygen atoms in total. The largest absolute Gasteiger partial charge is 0.322 e. The lowest BCUT2D eigenvalue weighted by molar-refractivity contribution is -0.125. The predicted molar refractivity (Wildman–Crippen MR) is 93.5 cm³/mol. The number of imide groups is 1. The SMILES string of the molecule is O=C1CC(Cc2ccc(NC(=O)c3ccc(F)cc3Br)cc2)C(=O)N1. The summed E-state index contributed by atoms with van der Waals surface area (Å²) in [6.45, 7) is 0. The summed E-state index contributed by atoms with van der Waals surface area (Å²) in [5, 5.41) is 5.02. The monoisotopic (exact) mass is 404 g/mol. The molecule has 1 heterocycles. The fourth-order valence-electron chi connectivity index (χ4n) is 2.65. The molecule has 0 aliphatic carbocycles. The van der Waals surface area contributed by atoms with Gasteiger partial charge in [0.1, 0.15) is 5.82 Å². The van der Waals surface area contributed by atoms with Crippen LogP contribution in [0.3, 0.4) is 0 Å². The van der Waals surface area contributed by atoms with Gasteiger partial charge in [0.05, 0.1) is 11.5 Å². The molecule has 3 rings (SSSR count). The van der Waals surface area contributed by atoms with Crippen LogP contribution in [-0.4, -0.2) is 17.7 Å². The number of nitrogens with one attached hydrogen (secondary N) is 2. The molecule has 0 saturated carbocycles. The van der Waals surface area contributed by atoms with Crippen molar-refractivity contribution >= 4 is 39.3 Å². The third-order valence-electron chi connectivity index (χ3n) is 3.93. The summed E-state index contributed by atoms with van der Waals surface area (Å²) in [4.78, 5) is 35.0. The second-order valence-corrected chi connectivity index (χ2v) is 6.65. The number of rotatable bonds is 4. The topological polar surface area (TPSA) is 75.3 Å². The van der Waals surface area contributed by atoms with E-state index in [0.717, 1.165) is 5.56 Å². The highest BCUT2D eigenvalue weighted by atomic mass is 79.9. The van der Waals surface area contributed by atoms with Crippen molar-refractivity contribution in [2.75, 3.05) is 5.32 Å². The summed E-state index contributed by atoms with van der Waals surface area (Å²) in [7, 11) is 0. The summed E-state index contributed by atoms with van der Waals surface area (Å²) >= 11 is 3.17. The third-order valence-corrected chi connectivity index (χ3v) is 4.59. The molecule has 0 bridgehead atoms. The molecule has 128 valence electrons. The van der Waals surface area contributed by atoms with Crippen LogP contribution in [0.15, 0.2) is 46.9 Å². The summed E-state index contributed by atoms with van der Waals surface area (Å²) in [5.41, 5.74) is 1.80. The number of amides is 3. The van der Waals surface area contributed by atoms with Gasteiger partial charge < -0.3 is 5.32 Å². The standard InChI is InChI=1S/C18H14BrFN2O3/c19-15-9-12(20)3-6-14(15)18(25)21-13-4-1-10(2-5-13)7-11-8-16(23)22-17(11)24/h1-6,9,11H,7-8H2,(H,21,25)(H,22,23,24). The Morgan fingerprint density at radius 2 is 1.92 bits per heavy atom. The second-order valence-electron chi connectivity index (χ2n) is 5.79. The number of hydrogen-bond acceptors (Lipinski definition) is 3. The maximum Gasteiger partial charge on any atom is 0.256 e. The fourth-order valence-corrected chi connectivity index (χ4v) is 3.18. The Balaban J connectivity index is 1.65. The quantitative estimate of drug-likeness (QED) is 0.768. The van der Waals surface area contributed by atoms with Gasteiger partial charge in [0.2, 0.25) is 11.8 Å². The van der Waals surface area contributed by atoms with Gasteiger partial charge in [-0.3, -0.25) is 19.7 Å². The minimum Gasteiger partial charge on any atom is -0.322 e. The van der Waals surface area contributed by atoms with Gasteiger partial charge >= 0.3 is 0 Å². The van der Waals surface area contributed by atoms with Gasteiger partial charge in [-0.25, -0.2) is 4.39 Å². The predicted octanol–water partition coefficient (Wildman–Crippen LogP) is 3.05. The van der Waals surface area contributed by atoms with Crippen molar-refractivity contribution in [2.45, 2.75) is 12.8 Å². The van der Waals surface area contributed by atoms with E-state index in [-0.39, 0.29) is 30.1 Å². The third kappa shape index (κ3) is 4.11. The van der Waals surface area contributed by atoms with E-state index < -0.39 is 5.82 Å². The molecule has 1 atom stereocenters. The van der Waals surface area contributed by atoms with E-state index in [9.17, 15) is 18.8 Å². The van der Waals surface area contributed by atoms with E-state index in [0.29, 0.717) is 22.1 Å². The average Bonchev–Trinajstić information content (AvgIpc) is 2.86. The molecule has 0 radical (unpaired) electrons. The molecule has 2 aromatic carbocycles. The molecule has 2 aromatic rings. The molecule has 7 heteroatoms. The van der Waals surface area contributed by atoms with Crippen LogP contribution in [0, 0.1) is 11.7 Å². The fraction of sp³-hybridized carbons (Fsp3) is 0.167. The maximum atomic E-state index is 13.1. The maximum absolute atomic E-state index is 13.1. The Kier molecular flexibility index (Phi) is 4.94. The molecule has 0 spiro atoms. The van der Waals surface area contributed by atoms with Gasteiger partial charge in [-0.2, -0.15) is 0 Å². The normalized spacial score (nSPS) is 16.6. The van der Waals surface area contributed by atoms with E-state index in [2.05, 4.69) is 26.6 Å². The van der Waals surface area contributed by atoms with Gasteiger partial charge in [0.25, 0.3) is 5.91 Å². The molecule has 1 unspecified atom stereocenters. The second kappa shape index (κ2) is 7.14. The molecule has 1 fully saturated rings. The number of halogens is 2. The Hall–Kier alpha value is -2.54. The first-order chi connectivity index (χ1) is 11.9. The summed E-state index contributed by atoms with van der Waals surface area (Å²) in [6.07, 6.45) is 0.672.